The Kier molecular flexibility index (Phi) is 5.50. The maximum Gasteiger partial charge on any atom is 0.409 e. The van der Waals surface area contributed by atoms with E-state index in [9.17, 15) is 4.79 Å². The molecule has 1 amide bonds. The van der Waals surface area contributed by atoms with Crippen LogP contribution in [0.4, 0.5) is 10.6 Å². The number of aromatic nitrogens is 2. The van der Waals surface area contributed by atoms with Crippen molar-refractivity contribution in [3.05, 3.63) is 17.6 Å². The van der Waals surface area contributed by atoms with Gasteiger partial charge in [-0.25, -0.2) is 14.8 Å². The molecule has 1 atom stereocenters. The van der Waals surface area contributed by atoms with Crippen molar-refractivity contribution in [1.29, 1.82) is 0 Å². The fraction of sp³-hybridized carbons (Fsp3) is 0.706. The van der Waals surface area contributed by atoms with Gasteiger partial charge in [0, 0.05) is 37.7 Å². The number of nitrogens with one attached hydrogen (secondary N) is 1. The van der Waals surface area contributed by atoms with E-state index in [0.29, 0.717) is 31.7 Å². The molecule has 1 unspecified atom stereocenters. The van der Waals surface area contributed by atoms with Crippen LogP contribution in [0, 0.1) is 6.92 Å². The van der Waals surface area contributed by atoms with E-state index in [1.54, 1.807) is 4.90 Å². The monoisotopic (exact) mass is 334 g/mol. The maximum absolute atomic E-state index is 11.8. The zero-order valence-electron chi connectivity index (χ0n) is 14.5. The predicted molar refractivity (Wildman–Crippen MR) is 90.2 cm³/mol. The molecule has 3 heterocycles. The summed E-state index contributed by atoms with van der Waals surface area (Å²) >= 11 is 0. The van der Waals surface area contributed by atoms with Gasteiger partial charge in [0.05, 0.1) is 18.9 Å². The average Bonchev–Trinajstić information content (AvgIpc) is 3.10. The molecule has 3 rings (SSSR count). The van der Waals surface area contributed by atoms with Crippen molar-refractivity contribution in [2.24, 2.45) is 0 Å². The molecular formula is C17H26N4O3. The molecule has 2 saturated heterocycles. The Bertz CT molecular complexity index is 567. The number of hydrogen-bond donors (Lipinski definition) is 1. The lowest BCUT2D eigenvalue weighted by Crippen LogP contribution is -2.42. The normalized spacial score (nSPS) is 21.8. The lowest BCUT2D eigenvalue weighted by atomic mass is 10.0. The lowest BCUT2D eigenvalue weighted by molar-refractivity contribution is 0.0983. The van der Waals surface area contributed by atoms with E-state index in [4.69, 9.17) is 9.47 Å². The Balaban J connectivity index is 1.58. The Morgan fingerprint density at radius 3 is 2.83 bits per heavy atom. The van der Waals surface area contributed by atoms with Crippen molar-refractivity contribution in [2.45, 2.75) is 45.1 Å². The highest BCUT2D eigenvalue weighted by atomic mass is 16.6. The van der Waals surface area contributed by atoms with E-state index in [-0.39, 0.29) is 6.09 Å². The quantitative estimate of drug-likeness (QED) is 0.910. The summed E-state index contributed by atoms with van der Waals surface area (Å²) in [5.41, 5.74) is 1.06. The number of nitrogens with zero attached hydrogens (tertiary/aromatic N) is 3. The van der Waals surface area contributed by atoms with Gasteiger partial charge >= 0.3 is 6.09 Å². The molecule has 2 aliphatic heterocycles. The van der Waals surface area contributed by atoms with Gasteiger partial charge in [-0.05, 0) is 33.1 Å². The minimum atomic E-state index is -0.211. The second-order valence-electron chi connectivity index (χ2n) is 6.39. The fourth-order valence-electron chi connectivity index (χ4n) is 3.27. The molecular weight excluding hydrogens is 308 g/mol. The zero-order valence-corrected chi connectivity index (χ0v) is 14.5. The Morgan fingerprint density at radius 2 is 2.17 bits per heavy atom. The van der Waals surface area contributed by atoms with Crippen molar-refractivity contribution >= 4 is 11.9 Å². The minimum absolute atomic E-state index is 0.211. The molecule has 2 fully saturated rings. The Labute approximate surface area is 142 Å². The number of ether oxygens (including phenoxy) is 2. The molecule has 0 radical (unpaired) electrons. The molecule has 7 nitrogen and oxygen atoms in total. The molecule has 0 bridgehead atoms. The van der Waals surface area contributed by atoms with Gasteiger partial charge in [-0.15, -0.1) is 0 Å². The van der Waals surface area contributed by atoms with E-state index in [2.05, 4.69) is 15.3 Å². The van der Waals surface area contributed by atoms with E-state index < -0.39 is 0 Å². The number of carbonyl (C=O) groups excluding carboxylic acids is 1. The summed E-state index contributed by atoms with van der Waals surface area (Å²) in [6.45, 7) is 7.15. The summed E-state index contributed by atoms with van der Waals surface area (Å²) in [4.78, 5) is 22.6. The molecule has 0 aliphatic carbocycles. The first-order chi connectivity index (χ1) is 11.7. The molecule has 1 aromatic rings. The first kappa shape index (κ1) is 17.0. The van der Waals surface area contributed by atoms with Gasteiger partial charge < -0.3 is 19.7 Å². The lowest BCUT2D eigenvalue weighted by Gasteiger charge is -2.32. The van der Waals surface area contributed by atoms with Crippen LogP contribution in [0.1, 0.15) is 43.6 Å². The zero-order chi connectivity index (χ0) is 16.9. The van der Waals surface area contributed by atoms with Crippen LogP contribution in [0.2, 0.25) is 0 Å². The van der Waals surface area contributed by atoms with Crippen molar-refractivity contribution in [2.75, 3.05) is 38.2 Å². The summed E-state index contributed by atoms with van der Waals surface area (Å²) in [5, 5.41) is 3.51. The van der Waals surface area contributed by atoms with Gasteiger partial charge in [0.1, 0.15) is 11.6 Å². The molecule has 132 valence electrons. The van der Waals surface area contributed by atoms with Crippen LogP contribution in [-0.2, 0) is 9.47 Å². The van der Waals surface area contributed by atoms with Crippen LogP contribution >= 0.6 is 0 Å². The summed E-state index contributed by atoms with van der Waals surface area (Å²) in [6, 6.07) is 2.36. The van der Waals surface area contributed by atoms with E-state index >= 15 is 0 Å². The standard InChI is InChI=1S/C17H26N4O3/c1-3-24-17(22)21-7-4-14(5-8-21)20-16-10-15(18-12(2)19-16)13-6-9-23-11-13/h10,13-14H,3-9,11H2,1-2H3,(H,18,19,20). The number of carbonyl (C=O) groups is 1. The number of anilines is 1. The van der Waals surface area contributed by atoms with E-state index in [1.807, 2.05) is 19.9 Å². The number of aryl methyl sites for hydroxylation is 1. The fourth-order valence-corrected chi connectivity index (χ4v) is 3.27. The number of amides is 1. The van der Waals surface area contributed by atoms with Crippen molar-refractivity contribution < 1.29 is 14.3 Å². The molecule has 1 N–H and O–H groups in total. The molecule has 0 saturated carbocycles. The first-order valence-corrected chi connectivity index (χ1v) is 8.77. The number of piperidine rings is 1. The number of hydrogen-bond acceptors (Lipinski definition) is 6. The van der Waals surface area contributed by atoms with Gasteiger partial charge in [-0.2, -0.15) is 0 Å². The summed E-state index contributed by atoms with van der Waals surface area (Å²) in [7, 11) is 0. The van der Waals surface area contributed by atoms with Crippen molar-refractivity contribution in [3.8, 4) is 0 Å². The average molecular weight is 334 g/mol. The molecule has 2 aliphatic rings. The van der Waals surface area contributed by atoms with Gasteiger partial charge in [-0.1, -0.05) is 0 Å². The van der Waals surface area contributed by atoms with Gasteiger partial charge in [0.15, 0.2) is 0 Å². The van der Waals surface area contributed by atoms with Gasteiger partial charge in [0.2, 0.25) is 0 Å². The highest BCUT2D eigenvalue weighted by molar-refractivity contribution is 5.67. The third-order valence-electron chi connectivity index (χ3n) is 4.58. The molecule has 0 aromatic carbocycles. The van der Waals surface area contributed by atoms with Crippen LogP contribution in [0.5, 0.6) is 0 Å². The highest BCUT2D eigenvalue weighted by Gasteiger charge is 2.25. The topological polar surface area (TPSA) is 76.6 Å². The molecule has 1 aromatic heterocycles. The van der Waals surface area contributed by atoms with Gasteiger partial charge in [-0.3, -0.25) is 0 Å². The number of rotatable bonds is 4. The summed E-state index contributed by atoms with van der Waals surface area (Å²) in [5.74, 6) is 2.03. The van der Waals surface area contributed by atoms with Crippen molar-refractivity contribution in [1.82, 2.24) is 14.9 Å². The van der Waals surface area contributed by atoms with Crippen LogP contribution in [0.3, 0.4) is 0 Å². The smallest absolute Gasteiger partial charge is 0.409 e. The third kappa shape index (κ3) is 4.14. The van der Waals surface area contributed by atoms with Crippen molar-refractivity contribution in [3.63, 3.8) is 0 Å². The SMILES string of the molecule is CCOC(=O)N1CCC(Nc2cc(C3CCOC3)nc(C)n2)CC1. The van der Waals surface area contributed by atoms with Crippen LogP contribution < -0.4 is 5.32 Å². The Morgan fingerprint density at radius 1 is 1.38 bits per heavy atom. The maximum atomic E-state index is 11.8. The van der Waals surface area contributed by atoms with Crippen LogP contribution in [0.25, 0.3) is 0 Å². The highest BCUT2D eigenvalue weighted by Crippen LogP contribution is 2.26. The second-order valence-corrected chi connectivity index (χ2v) is 6.39. The third-order valence-corrected chi connectivity index (χ3v) is 4.58. The van der Waals surface area contributed by atoms with Crippen LogP contribution in [0.15, 0.2) is 6.07 Å². The van der Waals surface area contributed by atoms with E-state index in [0.717, 1.165) is 49.8 Å². The second kappa shape index (κ2) is 7.79. The van der Waals surface area contributed by atoms with Crippen LogP contribution in [-0.4, -0.2) is 59.9 Å². The molecule has 7 heteroatoms. The first-order valence-electron chi connectivity index (χ1n) is 8.77. The summed E-state index contributed by atoms with van der Waals surface area (Å²) < 4.78 is 10.5. The minimum Gasteiger partial charge on any atom is -0.450 e. The number of likely N-dealkylation sites (tertiary alicyclic amines) is 1. The molecule has 0 spiro atoms. The molecule has 24 heavy (non-hydrogen) atoms. The van der Waals surface area contributed by atoms with E-state index in [1.165, 1.54) is 0 Å². The largest absolute Gasteiger partial charge is 0.450 e. The predicted octanol–water partition coefficient (Wildman–Crippen LogP) is 2.32. The summed E-state index contributed by atoms with van der Waals surface area (Å²) in [6.07, 6.45) is 2.60. The van der Waals surface area contributed by atoms with Gasteiger partial charge in [0.25, 0.3) is 0 Å². The Hall–Kier alpha value is -1.89.